The molecule has 2 aliphatic heterocycles. The molecule has 36 heavy (non-hydrogen) atoms. The summed E-state index contributed by atoms with van der Waals surface area (Å²) in [5.74, 6) is 0.748. The number of benzene rings is 1. The van der Waals surface area contributed by atoms with Crippen LogP contribution in [-0.2, 0) is 14.3 Å². The van der Waals surface area contributed by atoms with Gasteiger partial charge in [0.05, 0.1) is 6.04 Å². The minimum atomic E-state index is -0.326. The van der Waals surface area contributed by atoms with Gasteiger partial charge in [-0.2, -0.15) is 0 Å². The number of ether oxygens (including phenoxy) is 1. The Kier molecular flexibility index (Phi) is 6.96. The van der Waals surface area contributed by atoms with E-state index in [1.165, 1.54) is 0 Å². The smallest absolute Gasteiger partial charge is 0.410 e. The van der Waals surface area contributed by atoms with Crippen molar-refractivity contribution in [2.45, 2.75) is 70.4 Å². The van der Waals surface area contributed by atoms with Crippen molar-refractivity contribution in [3.63, 3.8) is 0 Å². The van der Waals surface area contributed by atoms with Crippen LogP contribution < -0.4 is 0 Å². The van der Waals surface area contributed by atoms with E-state index in [1.54, 1.807) is 11.9 Å². The molecule has 2 saturated carbocycles. The summed E-state index contributed by atoms with van der Waals surface area (Å²) in [5, 5.41) is 0.661. The van der Waals surface area contributed by atoms with E-state index in [9.17, 15) is 14.4 Å². The van der Waals surface area contributed by atoms with Gasteiger partial charge in [0.25, 0.3) is 0 Å². The number of likely N-dealkylation sites (tertiary alicyclic amines) is 2. The maximum Gasteiger partial charge on any atom is 0.410 e. The molecule has 3 amide bonds. The molecule has 0 spiro atoms. The van der Waals surface area contributed by atoms with Crippen molar-refractivity contribution in [1.82, 2.24) is 14.7 Å². The number of carbonyl (C=O) groups is 3. The SMILES string of the molecule is CC(OC(=O)N(C)C1CN(C(=O)C2CCN(C(=O)C3(C)CC3)CC2)CC1c1ccc(Cl)cc1)C1CC1. The molecular weight excluding hydrogens is 478 g/mol. The number of likely N-dealkylation sites (N-methyl/N-ethyl adjacent to an activating group) is 1. The molecule has 3 atom stereocenters. The number of hydrogen-bond donors (Lipinski definition) is 0. The first-order chi connectivity index (χ1) is 17.2. The lowest BCUT2D eigenvalue weighted by Crippen LogP contribution is -2.46. The first-order valence-corrected chi connectivity index (χ1v) is 13.8. The van der Waals surface area contributed by atoms with Crippen molar-refractivity contribution in [2.24, 2.45) is 17.3 Å². The van der Waals surface area contributed by atoms with Gasteiger partial charge in [-0.1, -0.05) is 30.7 Å². The summed E-state index contributed by atoms with van der Waals surface area (Å²) in [7, 11) is 1.78. The first kappa shape index (κ1) is 25.4. The fourth-order valence-electron chi connectivity index (χ4n) is 5.81. The topological polar surface area (TPSA) is 70.2 Å². The largest absolute Gasteiger partial charge is 0.446 e. The summed E-state index contributed by atoms with van der Waals surface area (Å²) >= 11 is 6.13. The fourth-order valence-corrected chi connectivity index (χ4v) is 5.93. The summed E-state index contributed by atoms with van der Waals surface area (Å²) in [6, 6.07) is 7.52. The summed E-state index contributed by atoms with van der Waals surface area (Å²) < 4.78 is 5.76. The van der Waals surface area contributed by atoms with Gasteiger partial charge in [-0.25, -0.2) is 4.79 Å². The molecule has 0 bridgehead atoms. The van der Waals surface area contributed by atoms with Gasteiger partial charge in [-0.05, 0) is 69.1 Å². The normalized spacial score (nSPS) is 26.4. The van der Waals surface area contributed by atoms with Crippen molar-refractivity contribution >= 4 is 29.5 Å². The second kappa shape index (κ2) is 9.88. The van der Waals surface area contributed by atoms with E-state index >= 15 is 0 Å². The van der Waals surface area contributed by atoms with Gasteiger partial charge in [0.1, 0.15) is 6.10 Å². The molecule has 1 aromatic rings. The van der Waals surface area contributed by atoms with Gasteiger partial charge >= 0.3 is 6.09 Å². The number of nitrogens with zero attached hydrogens (tertiary/aromatic N) is 3. The van der Waals surface area contributed by atoms with Crippen LogP contribution in [0.3, 0.4) is 0 Å². The lowest BCUT2D eigenvalue weighted by atomic mass is 9.93. The van der Waals surface area contributed by atoms with Crippen LogP contribution in [0.5, 0.6) is 0 Å². The van der Waals surface area contributed by atoms with E-state index in [0.717, 1.165) is 31.2 Å². The monoisotopic (exact) mass is 515 g/mol. The van der Waals surface area contributed by atoms with Crippen LogP contribution in [-0.4, -0.2) is 78.0 Å². The van der Waals surface area contributed by atoms with Crippen molar-refractivity contribution < 1.29 is 19.1 Å². The third-order valence-corrected chi connectivity index (χ3v) is 9.16. The molecule has 8 heteroatoms. The third-order valence-electron chi connectivity index (χ3n) is 8.90. The van der Waals surface area contributed by atoms with Gasteiger partial charge in [0.2, 0.25) is 11.8 Å². The molecule has 4 aliphatic rings. The van der Waals surface area contributed by atoms with Gasteiger partial charge in [0.15, 0.2) is 0 Å². The Hall–Kier alpha value is -2.28. The summed E-state index contributed by atoms with van der Waals surface area (Å²) in [5.41, 5.74) is 0.897. The van der Waals surface area contributed by atoms with Gasteiger partial charge in [-0.3, -0.25) is 9.59 Å². The van der Waals surface area contributed by atoms with Crippen molar-refractivity contribution in [1.29, 1.82) is 0 Å². The Morgan fingerprint density at radius 3 is 2.25 bits per heavy atom. The molecule has 2 heterocycles. The van der Waals surface area contributed by atoms with E-state index < -0.39 is 0 Å². The van der Waals surface area contributed by atoms with Crippen LogP contribution in [0.1, 0.15) is 63.9 Å². The van der Waals surface area contributed by atoms with Crippen LogP contribution in [0.4, 0.5) is 4.79 Å². The quantitative estimate of drug-likeness (QED) is 0.557. The van der Waals surface area contributed by atoms with E-state index in [-0.39, 0.29) is 47.3 Å². The van der Waals surface area contributed by atoms with Crippen LogP contribution >= 0.6 is 11.6 Å². The Labute approximate surface area is 219 Å². The standard InChI is InChI=1S/C28H38ClN3O4/c1-18(19-4-5-19)36-27(35)30(3)24-17-32(16-23(24)20-6-8-22(29)9-7-20)25(33)21-10-14-31(15-11-21)26(34)28(2)12-13-28/h6-9,18-19,21,23-24H,4-5,10-17H2,1-3H3. The molecule has 7 nitrogen and oxygen atoms in total. The van der Waals surface area contributed by atoms with E-state index in [4.69, 9.17) is 16.3 Å². The lowest BCUT2D eigenvalue weighted by Gasteiger charge is -2.34. The summed E-state index contributed by atoms with van der Waals surface area (Å²) in [4.78, 5) is 44.9. The average Bonchev–Trinajstić information content (AvgIpc) is 3.81. The lowest BCUT2D eigenvalue weighted by molar-refractivity contribution is -0.142. The number of piperidine rings is 1. The zero-order chi connectivity index (χ0) is 25.6. The Bertz CT molecular complexity index is 999. The van der Waals surface area contributed by atoms with Crippen LogP contribution in [0.15, 0.2) is 24.3 Å². The predicted octanol–water partition coefficient (Wildman–Crippen LogP) is 4.54. The summed E-state index contributed by atoms with van der Waals surface area (Å²) in [6.45, 7) is 6.33. The van der Waals surface area contributed by atoms with Crippen molar-refractivity contribution in [3.8, 4) is 0 Å². The molecule has 0 N–H and O–H groups in total. The molecule has 0 radical (unpaired) electrons. The van der Waals surface area contributed by atoms with E-state index in [2.05, 4.69) is 0 Å². The van der Waals surface area contributed by atoms with Crippen LogP contribution in [0.2, 0.25) is 5.02 Å². The number of hydrogen-bond acceptors (Lipinski definition) is 4. The fraction of sp³-hybridized carbons (Fsp3) is 0.679. The number of halogens is 1. The minimum Gasteiger partial charge on any atom is -0.446 e. The predicted molar refractivity (Wildman–Crippen MR) is 138 cm³/mol. The molecule has 196 valence electrons. The van der Waals surface area contributed by atoms with Crippen LogP contribution in [0, 0.1) is 17.3 Å². The molecule has 3 unspecified atom stereocenters. The average molecular weight is 516 g/mol. The van der Waals surface area contributed by atoms with Crippen molar-refractivity contribution in [2.75, 3.05) is 33.2 Å². The second-order valence-electron chi connectivity index (χ2n) is 11.6. The number of rotatable bonds is 6. The molecule has 1 aromatic carbocycles. The first-order valence-electron chi connectivity index (χ1n) is 13.4. The second-order valence-corrected chi connectivity index (χ2v) is 12.1. The Morgan fingerprint density at radius 1 is 1.03 bits per heavy atom. The Balaban J connectivity index is 1.25. The Morgan fingerprint density at radius 2 is 1.67 bits per heavy atom. The molecule has 2 saturated heterocycles. The minimum absolute atomic E-state index is 0.0171. The highest BCUT2D eigenvalue weighted by Crippen LogP contribution is 2.47. The van der Waals surface area contributed by atoms with Crippen molar-refractivity contribution in [3.05, 3.63) is 34.9 Å². The van der Waals surface area contributed by atoms with Crippen LogP contribution in [0.25, 0.3) is 0 Å². The highest BCUT2D eigenvalue weighted by atomic mass is 35.5. The molecule has 0 aromatic heterocycles. The van der Waals surface area contributed by atoms with Gasteiger partial charge < -0.3 is 19.4 Å². The number of amides is 3. The van der Waals surface area contributed by atoms with Gasteiger partial charge in [-0.15, -0.1) is 0 Å². The molecule has 5 rings (SSSR count). The number of carbonyl (C=O) groups excluding carboxylic acids is 3. The molecule has 4 fully saturated rings. The molecular formula is C28H38ClN3O4. The third kappa shape index (κ3) is 5.22. The zero-order valence-corrected chi connectivity index (χ0v) is 22.4. The maximum atomic E-state index is 13.6. The molecule has 2 aliphatic carbocycles. The summed E-state index contributed by atoms with van der Waals surface area (Å²) in [6.07, 6.45) is 5.16. The highest BCUT2D eigenvalue weighted by molar-refractivity contribution is 6.30. The highest BCUT2D eigenvalue weighted by Gasteiger charge is 2.48. The maximum absolute atomic E-state index is 13.6. The zero-order valence-electron chi connectivity index (χ0n) is 21.6. The van der Waals surface area contributed by atoms with Gasteiger partial charge in [0, 0.05) is 55.5 Å². The van der Waals surface area contributed by atoms with E-state index in [1.807, 2.05) is 47.9 Å². The van der Waals surface area contributed by atoms with E-state index in [0.29, 0.717) is 50.0 Å².